The number of amides is 1. The SMILES string of the molecule is COc1ccc(C(=O)N(C)Cc2ccccc2C)cc1S(=O)(=O)N(C)Cc1ccccc1. The van der Waals surface area contributed by atoms with Crippen LogP contribution in [0.5, 0.6) is 5.75 Å². The van der Waals surface area contributed by atoms with Crippen molar-refractivity contribution in [3.63, 3.8) is 0 Å². The molecule has 0 unspecified atom stereocenters. The minimum Gasteiger partial charge on any atom is -0.495 e. The van der Waals surface area contributed by atoms with Gasteiger partial charge in [0.1, 0.15) is 10.6 Å². The van der Waals surface area contributed by atoms with Crippen molar-refractivity contribution in [1.82, 2.24) is 9.21 Å². The van der Waals surface area contributed by atoms with Crippen LogP contribution < -0.4 is 4.74 Å². The van der Waals surface area contributed by atoms with Gasteiger partial charge in [0.25, 0.3) is 5.91 Å². The Hall–Kier alpha value is -3.16. The van der Waals surface area contributed by atoms with Gasteiger partial charge in [0.2, 0.25) is 10.0 Å². The zero-order valence-corrected chi connectivity index (χ0v) is 19.6. The lowest BCUT2D eigenvalue weighted by Crippen LogP contribution is -2.29. The van der Waals surface area contributed by atoms with Crippen LogP contribution in [0.15, 0.2) is 77.7 Å². The highest BCUT2D eigenvalue weighted by molar-refractivity contribution is 7.89. The highest BCUT2D eigenvalue weighted by atomic mass is 32.2. The Morgan fingerprint density at radius 1 is 0.906 bits per heavy atom. The summed E-state index contributed by atoms with van der Waals surface area (Å²) < 4.78 is 33.2. The van der Waals surface area contributed by atoms with Gasteiger partial charge >= 0.3 is 0 Å². The van der Waals surface area contributed by atoms with Crippen LogP contribution in [0, 0.1) is 6.92 Å². The van der Waals surface area contributed by atoms with Gasteiger partial charge in [0, 0.05) is 32.7 Å². The molecule has 0 bridgehead atoms. The fourth-order valence-corrected chi connectivity index (χ4v) is 4.78. The highest BCUT2D eigenvalue weighted by Crippen LogP contribution is 2.29. The van der Waals surface area contributed by atoms with Gasteiger partial charge in [-0.05, 0) is 41.8 Å². The fourth-order valence-electron chi connectivity index (χ4n) is 3.44. The minimum atomic E-state index is -3.89. The number of carbonyl (C=O) groups is 1. The van der Waals surface area contributed by atoms with Gasteiger partial charge in [-0.1, -0.05) is 54.6 Å². The molecule has 0 saturated carbocycles. The Balaban J connectivity index is 1.89. The summed E-state index contributed by atoms with van der Waals surface area (Å²) in [6.07, 6.45) is 0. The lowest BCUT2D eigenvalue weighted by atomic mass is 10.1. The first kappa shape index (κ1) is 23.5. The molecule has 0 aliphatic rings. The van der Waals surface area contributed by atoms with Gasteiger partial charge in [0.15, 0.2) is 0 Å². The average molecular weight is 453 g/mol. The van der Waals surface area contributed by atoms with E-state index in [1.165, 1.54) is 30.6 Å². The van der Waals surface area contributed by atoms with Crippen molar-refractivity contribution in [2.45, 2.75) is 24.9 Å². The number of aryl methyl sites for hydroxylation is 1. The zero-order valence-electron chi connectivity index (χ0n) is 18.8. The van der Waals surface area contributed by atoms with E-state index in [0.29, 0.717) is 6.54 Å². The Morgan fingerprint density at radius 2 is 1.56 bits per heavy atom. The second kappa shape index (κ2) is 9.97. The maximum Gasteiger partial charge on any atom is 0.253 e. The normalized spacial score (nSPS) is 11.4. The highest BCUT2D eigenvalue weighted by Gasteiger charge is 2.27. The summed E-state index contributed by atoms with van der Waals surface area (Å²) in [6.45, 7) is 2.62. The lowest BCUT2D eigenvalue weighted by Gasteiger charge is -2.21. The van der Waals surface area contributed by atoms with Gasteiger partial charge in [-0.3, -0.25) is 4.79 Å². The Morgan fingerprint density at radius 3 is 2.22 bits per heavy atom. The molecule has 0 aromatic heterocycles. The van der Waals surface area contributed by atoms with Crippen LogP contribution in [0.25, 0.3) is 0 Å². The largest absolute Gasteiger partial charge is 0.495 e. The molecule has 6 nitrogen and oxygen atoms in total. The molecule has 1 amide bonds. The van der Waals surface area contributed by atoms with Crippen molar-refractivity contribution in [2.75, 3.05) is 21.2 Å². The molecule has 0 N–H and O–H groups in total. The number of benzene rings is 3. The molecule has 0 aliphatic carbocycles. The van der Waals surface area contributed by atoms with Crippen molar-refractivity contribution >= 4 is 15.9 Å². The fraction of sp³-hybridized carbons (Fsp3) is 0.240. The quantitative estimate of drug-likeness (QED) is 0.516. The topological polar surface area (TPSA) is 66.9 Å². The van der Waals surface area contributed by atoms with E-state index in [4.69, 9.17) is 4.74 Å². The van der Waals surface area contributed by atoms with Crippen LogP contribution in [0.4, 0.5) is 0 Å². The van der Waals surface area contributed by atoms with Crippen LogP contribution in [0.2, 0.25) is 0 Å². The maximum absolute atomic E-state index is 13.3. The second-order valence-electron chi connectivity index (χ2n) is 7.70. The van der Waals surface area contributed by atoms with Crippen molar-refractivity contribution in [1.29, 1.82) is 0 Å². The summed E-state index contributed by atoms with van der Waals surface area (Å²) in [5, 5.41) is 0. The monoisotopic (exact) mass is 452 g/mol. The number of sulfonamides is 1. The van der Waals surface area contributed by atoms with Crippen molar-refractivity contribution in [2.24, 2.45) is 0 Å². The van der Waals surface area contributed by atoms with Gasteiger partial charge in [-0.25, -0.2) is 8.42 Å². The molecule has 3 aromatic rings. The summed E-state index contributed by atoms with van der Waals surface area (Å²) in [5.41, 5.74) is 3.27. The van der Waals surface area contributed by atoms with Gasteiger partial charge in [-0.2, -0.15) is 4.31 Å². The van der Waals surface area contributed by atoms with E-state index in [1.54, 1.807) is 18.0 Å². The Labute approximate surface area is 190 Å². The number of nitrogens with zero attached hydrogens (tertiary/aromatic N) is 2. The lowest BCUT2D eigenvalue weighted by molar-refractivity contribution is 0.0784. The molecule has 0 saturated heterocycles. The van der Waals surface area contributed by atoms with Crippen molar-refractivity contribution in [3.8, 4) is 5.75 Å². The van der Waals surface area contributed by atoms with Crippen LogP contribution in [0.3, 0.4) is 0 Å². The van der Waals surface area contributed by atoms with Gasteiger partial charge in [0.05, 0.1) is 7.11 Å². The molecule has 3 aromatic carbocycles. The van der Waals surface area contributed by atoms with E-state index in [0.717, 1.165) is 16.7 Å². The van der Waals surface area contributed by atoms with E-state index >= 15 is 0 Å². The summed E-state index contributed by atoms with van der Waals surface area (Å²) in [5.74, 6) is -0.0684. The number of hydrogen-bond acceptors (Lipinski definition) is 4. The van der Waals surface area contributed by atoms with E-state index in [2.05, 4.69) is 0 Å². The molecular weight excluding hydrogens is 424 g/mol. The molecule has 0 aliphatic heterocycles. The van der Waals surface area contributed by atoms with Gasteiger partial charge < -0.3 is 9.64 Å². The standard InChI is InChI=1S/C25H28N2O4S/c1-19-10-8-9-13-22(19)18-26(2)25(28)21-14-15-23(31-4)24(16-21)32(29,30)27(3)17-20-11-6-5-7-12-20/h5-16H,17-18H2,1-4H3. The first-order valence-electron chi connectivity index (χ1n) is 10.2. The summed E-state index contributed by atoms with van der Waals surface area (Å²) in [7, 11) is 0.742. The maximum atomic E-state index is 13.3. The van der Waals surface area contributed by atoms with Gasteiger partial charge in [-0.15, -0.1) is 0 Å². The van der Waals surface area contributed by atoms with Crippen molar-refractivity contribution in [3.05, 3.63) is 95.1 Å². The third-order valence-corrected chi connectivity index (χ3v) is 7.19. The van der Waals surface area contributed by atoms with Crippen LogP contribution in [-0.2, 0) is 23.1 Å². The smallest absolute Gasteiger partial charge is 0.253 e. The number of rotatable bonds is 8. The summed E-state index contributed by atoms with van der Waals surface area (Å²) in [6, 6.07) is 21.7. The summed E-state index contributed by atoms with van der Waals surface area (Å²) >= 11 is 0. The van der Waals surface area contributed by atoms with E-state index in [1.807, 2.05) is 61.5 Å². The summed E-state index contributed by atoms with van der Waals surface area (Å²) in [4.78, 5) is 14.6. The molecule has 0 heterocycles. The number of methoxy groups -OCH3 is 1. The number of hydrogen-bond donors (Lipinski definition) is 0. The first-order chi connectivity index (χ1) is 15.2. The van der Waals surface area contributed by atoms with E-state index in [9.17, 15) is 13.2 Å². The average Bonchev–Trinajstić information content (AvgIpc) is 2.80. The molecule has 0 fully saturated rings. The van der Waals surface area contributed by atoms with E-state index < -0.39 is 10.0 Å². The third kappa shape index (κ3) is 5.18. The molecule has 168 valence electrons. The predicted molar refractivity (Wildman–Crippen MR) is 125 cm³/mol. The Bertz CT molecular complexity index is 1190. The van der Waals surface area contributed by atoms with Crippen LogP contribution in [-0.4, -0.2) is 44.7 Å². The van der Waals surface area contributed by atoms with Crippen LogP contribution in [0.1, 0.15) is 27.0 Å². The molecule has 0 spiro atoms. The second-order valence-corrected chi connectivity index (χ2v) is 9.71. The van der Waals surface area contributed by atoms with Crippen molar-refractivity contribution < 1.29 is 17.9 Å². The molecule has 3 rings (SSSR count). The van der Waals surface area contributed by atoms with E-state index in [-0.39, 0.29) is 28.7 Å². The zero-order chi connectivity index (χ0) is 23.3. The Kier molecular flexibility index (Phi) is 7.33. The molecule has 0 atom stereocenters. The third-order valence-electron chi connectivity index (χ3n) is 5.36. The predicted octanol–water partition coefficient (Wildman–Crippen LogP) is 4.10. The number of carbonyl (C=O) groups excluding carboxylic acids is 1. The van der Waals surface area contributed by atoms with Crippen LogP contribution >= 0.6 is 0 Å². The molecular formula is C25H28N2O4S. The number of ether oxygens (including phenoxy) is 1. The molecule has 32 heavy (non-hydrogen) atoms. The molecule has 0 radical (unpaired) electrons. The minimum absolute atomic E-state index is 0.0337. The molecule has 7 heteroatoms. The first-order valence-corrected chi connectivity index (χ1v) is 11.7.